The van der Waals surface area contributed by atoms with E-state index in [0.29, 0.717) is 36.3 Å². The summed E-state index contributed by atoms with van der Waals surface area (Å²) < 4.78 is 19.5. The number of carbonyl (C=O) groups is 1. The Morgan fingerprint density at radius 2 is 1.82 bits per heavy atom. The molecule has 8 heteroatoms. The number of hydrogen-bond acceptors (Lipinski definition) is 8. The first kappa shape index (κ1) is 28.6. The number of fused-ring (bicyclic) bond motifs is 6. The van der Waals surface area contributed by atoms with Crippen LogP contribution in [0.1, 0.15) is 63.0 Å². The fourth-order valence-electron chi connectivity index (χ4n) is 16.5. The van der Waals surface area contributed by atoms with Crippen LogP contribution in [0.5, 0.6) is 0 Å². The first-order chi connectivity index (χ1) is 24.4. The van der Waals surface area contributed by atoms with Crippen molar-refractivity contribution in [3.05, 3.63) is 70.9 Å². The van der Waals surface area contributed by atoms with E-state index in [1.807, 2.05) is 0 Å². The Kier molecular flexibility index (Phi) is 5.05. The highest BCUT2D eigenvalue weighted by molar-refractivity contribution is 5.93. The molecule has 0 amide bonds. The molecule has 2 aromatic rings. The van der Waals surface area contributed by atoms with Gasteiger partial charge in [0.1, 0.15) is 0 Å². The molecular weight excluding hydrogens is 624 g/mol. The summed E-state index contributed by atoms with van der Waals surface area (Å²) in [5, 5.41) is 3.82. The maximum atomic E-state index is 13.9. The van der Waals surface area contributed by atoms with E-state index in [4.69, 9.17) is 14.2 Å². The van der Waals surface area contributed by atoms with Crippen molar-refractivity contribution < 1.29 is 19.0 Å². The predicted octanol–water partition coefficient (Wildman–Crippen LogP) is 4.83. The van der Waals surface area contributed by atoms with Gasteiger partial charge in [0.05, 0.1) is 36.4 Å². The number of anilines is 2. The zero-order valence-corrected chi connectivity index (χ0v) is 29.3. The zero-order valence-electron chi connectivity index (χ0n) is 29.3. The molecule has 0 aromatic heterocycles. The lowest BCUT2D eigenvalue weighted by Crippen LogP contribution is -2.76. The summed E-state index contributed by atoms with van der Waals surface area (Å²) in [5.41, 5.74) is 7.60. The van der Waals surface area contributed by atoms with Crippen molar-refractivity contribution in [3.63, 3.8) is 0 Å². The third-order valence-corrected chi connectivity index (χ3v) is 17.2. The van der Waals surface area contributed by atoms with E-state index < -0.39 is 0 Å². The fraction of sp³-hybridized carbons (Fsp3) is 0.643. The summed E-state index contributed by atoms with van der Waals surface area (Å²) in [6, 6.07) is 19.8. The van der Waals surface area contributed by atoms with Crippen LogP contribution >= 0.6 is 0 Å². The van der Waals surface area contributed by atoms with Crippen molar-refractivity contribution >= 4 is 17.3 Å². The molecule has 1 saturated carbocycles. The predicted molar refractivity (Wildman–Crippen MR) is 188 cm³/mol. The molecular formula is C42H48N4O4. The zero-order chi connectivity index (χ0) is 33.0. The number of epoxide rings is 1. The molecule has 11 aliphatic rings. The van der Waals surface area contributed by atoms with Crippen LogP contribution in [0.15, 0.2) is 59.8 Å². The Hall–Kier alpha value is -2.91. The molecule has 1 N–H and O–H groups in total. The normalized spacial score (nSPS) is 49.3. The van der Waals surface area contributed by atoms with E-state index in [1.165, 1.54) is 49.2 Å². The molecule has 9 aliphatic heterocycles. The minimum absolute atomic E-state index is 0.0266. The van der Waals surface area contributed by atoms with Gasteiger partial charge in [-0.05, 0) is 87.2 Å². The molecule has 0 bridgehead atoms. The third kappa shape index (κ3) is 2.83. The molecule has 13 rings (SSSR count). The standard InChI is InChI=1S/C42H48N4O4/c1-3-39-19-24-18-38(23-46-29-11-7-5-9-27(29)42(32(24)46)13-15-44(35(39)42)21-30-33(39)50-30)22-45-16-12-41-26-8-4-6-10-28(26)43-31(41)25(34(47)48-2)20-40(36(41)45)14-17-49-37(38)40/h4-11,24,30,32-33,35-37,43H,3,12-23H2,1-2H3/t24-,30-,32-,33-,35-,36+,37+,38-,39-,40+,41+,42+/m1/s1. The number of rotatable bonds is 2. The van der Waals surface area contributed by atoms with Crippen LogP contribution < -0.4 is 10.2 Å². The Labute approximate surface area is 294 Å². The highest BCUT2D eigenvalue weighted by Crippen LogP contribution is 2.75. The Morgan fingerprint density at radius 3 is 2.70 bits per heavy atom. The van der Waals surface area contributed by atoms with E-state index in [-0.39, 0.29) is 39.1 Å². The number of nitrogens with zero attached hydrogens (tertiary/aromatic N) is 3. The minimum atomic E-state index is -0.231. The molecule has 260 valence electrons. The fourth-order valence-corrected chi connectivity index (χ4v) is 16.5. The number of benzene rings is 2. The van der Waals surface area contributed by atoms with Crippen molar-refractivity contribution in [2.24, 2.45) is 22.2 Å². The summed E-state index contributed by atoms with van der Waals surface area (Å²) in [6.07, 6.45) is 8.60. The molecule has 8 fully saturated rings. The van der Waals surface area contributed by atoms with Crippen molar-refractivity contribution in [2.75, 3.05) is 56.7 Å². The van der Waals surface area contributed by atoms with Crippen LogP contribution in [0.2, 0.25) is 0 Å². The number of nitrogens with one attached hydrogen (secondary N) is 1. The van der Waals surface area contributed by atoms with Gasteiger partial charge >= 0.3 is 5.97 Å². The van der Waals surface area contributed by atoms with Gasteiger partial charge in [-0.1, -0.05) is 43.3 Å². The number of esters is 1. The highest BCUT2D eigenvalue weighted by Gasteiger charge is 2.80. The average Bonchev–Trinajstić information content (AvgIpc) is 3.50. The quantitative estimate of drug-likeness (QED) is 0.360. The van der Waals surface area contributed by atoms with Gasteiger partial charge in [-0.2, -0.15) is 0 Å². The van der Waals surface area contributed by atoms with E-state index >= 15 is 0 Å². The molecule has 0 radical (unpaired) electrons. The monoisotopic (exact) mass is 672 g/mol. The molecule has 12 atom stereocenters. The maximum Gasteiger partial charge on any atom is 0.335 e. The number of piperidine rings is 3. The number of carbonyl (C=O) groups excluding carboxylic acids is 1. The largest absolute Gasteiger partial charge is 0.466 e. The van der Waals surface area contributed by atoms with Gasteiger partial charge in [0.15, 0.2) is 0 Å². The lowest BCUT2D eigenvalue weighted by atomic mass is 9.44. The van der Waals surface area contributed by atoms with Crippen molar-refractivity contribution in [1.29, 1.82) is 0 Å². The van der Waals surface area contributed by atoms with E-state index in [9.17, 15) is 4.79 Å². The minimum Gasteiger partial charge on any atom is -0.466 e. The number of ether oxygens (including phenoxy) is 3. The smallest absolute Gasteiger partial charge is 0.335 e. The molecule has 50 heavy (non-hydrogen) atoms. The average molecular weight is 673 g/mol. The lowest BCUT2D eigenvalue weighted by molar-refractivity contribution is -0.170. The molecule has 0 unspecified atom stereocenters. The van der Waals surface area contributed by atoms with Gasteiger partial charge in [0, 0.05) is 83.1 Å². The van der Waals surface area contributed by atoms with Gasteiger partial charge in [-0.25, -0.2) is 4.79 Å². The summed E-state index contributed by atoms with van der Waals surface area (Å²) in [5.74, 6) is 0.411. The van der Waals surface area contributed by atoms with E-state index in [2.05, 4.69) is 75.5 Å². The molecule has 2 aliphatic carbocycles. The van der Waals surface area contributed by atoms with Crippen LogP contribution in [0.3, 0.4) is 0 Å². The van der Waals surface area contributed by atoms with Gasteiger partial charge in [-0.3, -0.25) is 9.80 Å². The van der Waals surface area contributed by atoms with E-state index in [0.717, 1.165) is 63.3 Å². The Balaban J connectivity index is 0.999. The third-order valence-electron chi connectivity index (χ3n) is 17.2. The topological polar surface area (TPSA) is 69.8 Å². The van der Waals surface area contributed by atoms with Crippen LogP contribution in [0.4, 0.5) is 11.4 Å². The van der Waals surface area contributed by atoms with Gasteiger partial charge in [-0.15, -0.1) is 0 Å². The maximum absolute atomic E-state index is 13.9. The summed E-state index contributed by atoms with van der Waals surface area (Å²) >= 11 is 0. The van der Waals surface area contributed by atoms with Crippen molar-refractivity contribution in [1.82, 2.24) is 9.80 Å². The molecule has 2 aromatic carbocycles. The second-order valence-electron chi connectivity index (χ2n) is 18.5. The van der Waals surface area contributed by atoms with Crippen LogP contribution in [-0.4, -0.2) is 98.6 Å². The number of methoxy groups -OCH3 is 1. The van der Waals surface area contributed by atoms with Gasteiger partial charge in [0.2, 0.25) is 0 Å². The highest BCUT2D eigenvalue weighted by atomic mass is 16.6. The summed E-state index contributed by atoms with van der Waals surface area (Å²) in [4.78, 5) is 22.7. The van der Waals surface area contributed by atoms with Gasteiger partial charge in [0.25, 0.3) is 0 Å². The summed E-state index contributed by atoms with van der Waals surface area (Å²) in [6.45, 7) is 8.73. The van der Waals surface area contributed by atoms with Crippen LogP contribution in [-0.2, 0) is 29.8 Å². The van der Waals surface area contributed by atoms with Crippen LogP contribution in [0, 0.1) is 22.2 Å². The first-order valence-corrected chi connectivity index (χ1v) is 19.7. The lowest BCUT2D eigenvalue weighted by Gasteiger charge is -2.68. The molecule has 4 spiro atoms. The molecule has 7 saturated heterocycles. The van der Waals surface area contributed by atoms with E-state index in [1.54, 1.807) is 12.7 Å². The summed E-state index contributed by atoms with van der Waals surface area (Å²) in [7, 11) is 1.56. The molecule has 9 heterocycles. The Bertz CT molecular complexity index is 1950. The van der Waals surface area contributed by atoms with Crippen molar-refractivity contribution in [3.8, 4) is 0 Å². The molecule has 8 nitrogen and oxygen atoms in total. The van der Waals surface area contributed by atoms with Crippen molar-refractivity contribution in [2.45, 2.75) is 99.1 Å². The van der Waals surface area contributed by atoms with Gasteiger partial charge < -0.3 is 24.4 Å². The SMILES string of the molecule is CC[C@@]12C[C@H]3C[C@@]4(CN5CC[C@]67C(=C(C(=O)OC)C[C@@]8(CCO[C@@H]48)[C@H]56)Nc4ccccc47)CN4c5ccccc5[C@@]5(CCN(C[C@H]6O[C@H]61)[C@H]25)[C@@H]34. The second-order valence-corrected chi connectivity index (χ2v) is 18.5. The number of para-hydroxylation sites is 2. The van der Waals surface area contributed by atoms with Crippen LogP contribution in [0.25, 0.3) is 0 Å². The first-order valence-electron chi connectivity index (χ1n) is 19.7. The second kappa shape index (κ2) is 8.82. The Morgan fingerprint density at radius 1 is 0.980 bits per heavy atom. The number of hydrogen-bond donors (Lipinski definition) is 1.